The highest BCUT2D eigenvalue weighted by molar-refractivity contribution is 8.04. The molecule has 0 radical (unpaired) electrons. The third kappa shape index (κ3) is 5.55. The van der Waals surface area contributed by atoms with Crippen LogP contribution in [0.2, 0.25) is 0 Å². The molecule has 3 rings (SSSR count). The predicted octanol–water partition coefficient (Wildman–Crippen LogP) is 2.71. The normalized spacial score (nSPS) is 15.5. The fraction of sp³-hybridized carbons (Fsp3) is 0.182. The van der Waals surface area contributed by atoms with Crippen LogP contribution in [0.15, 0.2) is 62.7 Å². The Bertz CT molecular complexity index is 1320. The van der Waals surface area contributed by atoms with Crippen LogP contribution in [0, 0.1) is 12.7 Å². The molecule has 0 aliphatic heterocycles. The highest BCUT2D eigenvalue weighted by atomic mass is 32.2. The van der Waals surface area contributed by atoms with E-state index in [-0.39, 0.29) is 32.4 Å². The Kier molecular flexibility index (Phi) is 7.13. The topological polar surface area (TPSA) is 130 Å². The van der Waals surface area contributed by atoms with Crippen LogP contribution in [0.1, 0.15) is 28.4 Å². The van der Waals surface area contributed by atoms with Gasteiger partial charge >= 0.3 is 5.97 Å². The maximum Gasteiger partial charge on any atom is 0.327 e. The molecule has 8 nitrogen and oxygen atoms in total. The molecule has 172 valence electrons. The van der Waals surface area contributed by atoms with Crippen molar-refractivity contribution in [3.05, 3.63) is 76.0 Å². The molecular weight excluding hydrogens is 471 g/mol. The first-order chi connectivity index (χ1) is 15.5. The zero-order valence-electron chi connectivity index (χ0n) is 17.5. The number of Topliss-reactive ketones (excluding diaryl/α,β-unsaturated/α-hetero) is 1. The standard InChI is InChI=1S/C22H19FN2O6S2/c1-12-9-14(23)7-8-20(12)33(30,31)25-17-10-19(21(27)16-6-4-3-5-15(16)17)32-11-18(22(28)29)24-13(2)26/h3-10,18H,11H2,1-2H3,(H,24,26)(H,28,29)/t18-/m0/s1. The third-order valence-electron chi connectivity index (χ3n) is 4.65. The number of hydrogen-bond donors (Lipinski definition) is 2. The summed E-state index contributed by atoms with van der Waals surface area (Å²) in [6, 6.07) is 8.27. The quantitative estimate of drug-likeness (QED) is 0.610. The summed E-state index contributed by atoms with van der Waals surface area (Å²) in [5.41, 5.74) is 0.672. The number of carboxylic acids is 1. The van der Waals surface area contributed by atoms with Gasteiger partial charge in [0.25, 0.3) is 10.0 Å². The van der Waals surface area contributed by atoms with Crippen LogP contribution < -0.4 is 5.32 Å². The maximum atomic E-state index is 13.4. The van der Waals surface area contributed by atoms with Crippen molar-refractivity contribution in [1.82, 2.24) is 5.32 Å². The molecule has 1 amide bonds. The van der Waals surface area contributed by atoms with Gasteiger partial charge in [-0.25, -0.2) is 9.18 Å². The Morgan fingerprint density at radius 3 is 2.45 bits per heavy atom. The molecule has 0 spiro atoms. The Morgan fingerprint density at radius 2 is 1.85 bits per heavy atom. The molecule has 1 aliphatic carbocycles. The van der Waals surface area contributed by atoms with E-state index in [0.29, 0.717) is 5.56 Å². The van der Waals surface area contributed by atoms with Crippen LogP contribution in [0.5, 0.6) is 0 Å². The average Bonchev–Trinajstić information content (AvgIpc) is 2.73. The molecule has 0 unspecified atom stereocenters. The van der Waals surface area contributed by atoms with Crippen LogP contribution in [0.4, 0.5) is 4.39 Å². The van der Waals surface area contributed by atoms with Crippen molar-refractivity contribution in [3.63, 3.8) is 0 Å². The number of carboxylic acid groups (broad SMARTS) is 1. The van der Waals surface area contributed by atoms with Crippen molar-refractivity contribution in [3.8, 4) is 0 Å². The van der Waals surface area contributed by atoms with E-state index in [9.17, 15) is 32.3 Å². The molecule has 0 aromatic heterocycles. The number of amides is 1. The second kappa shape index (κ2) is 9.67. The molecule has 1 aliphatic rings. The van der Waals surface area contributed by atoms with Gasteiger partial charge in [0.1, 0.15) is 11.9 Å². The Morgan fingerprint density at radius 1 is 1.18 bits per heavy atom. The van der Waals surface area contributed by atoms with E-state index in [4.69, 9.17) is 0 Å². The Balaban J connectivity index is 2.03. The summed E-state index contributed by atoms with van der Waals surface area (Å²) in [5, 5.41) is 11.6. The van der Waals surface area contributed by atoms with Crippen LogP contribution in [0.3, 0.4) is 0 Å². The number of benzene rings is 2. The summed E-state index contributed by atoms with van der Waals surface area (Å²) < 4.78 is 43.2. The van der Waals surface area contributed by atoms with Crippen LogP contribution in [-0.2, 0) is 19.6 Å². The van der Waals surface area contributed by atoms with Gasteiger partial charge < -0.3 is 10.4 Å². The molecule has 2 N–H and O–H groups in total. The lowest BCUT2D eigenvalue weighted by Gasteiger charge is -2.19. The van der Waals surface area contributed by atoms with Gasteiger partial charge in [-0.1, -0.05) is 24.3 Å². The first-order valence-corrected chi connectivity index (χ1v) is 12.0. The molecular formula is C22H19FN2O6S2. The lowest BCUT2D eigenvalue weighted by molar-refractivity contribution is -0.140. The average molecular weight is 491 g/mol. The van der Waals surface area contributed by atoms with E-state index < -0.39 is 39.5 Å². The highest BCUT2D eigenvalue weighted by Gasteiger charge is 2.28. The minimum absolute atomic E-state index is 0.0113. The van der Waals surface area contributed by atoms with Gasteiger partial charge in [-0.05, 0) is 36.8 Å². The van der Waals surface area contributed by atoms with Crippen molar-refractivity contribution in [2.45, 2.75) is 24.8 Å². The Hall–Kier alpha value is -3.31. The number of thioether (sulfide) groups is 1. The van der Waals surface area contributed by atoms with E-state index >= 15 is 0 Å². The number of nitrogens with zero attached hydrogens (tertiary/aromatic N) is 1. The van der Waals surface area contributed by atoms with Crippen LogP contribution in [-0.4, -0.2) is 48.7 Å². The monoisotopic (exact) mass is 490 g/mol. The van der Waals surface area contributed by atoms with Gasteiger partial charge in [0, 0.05) is 23.8 Å². The predicted molar refractivity (Wildman–Crippen MR) is 121 cm³/mol. The van der Waals surface area contributed by atoms with E-state index in [1.165, 1.54) is 26.0 Å². The number of halogens is 1. The number of nitrogens with one attached hydrogen (secondary N) is 1. The molecule has 11 heteroatoms. The smallest absolute Gasteiger partial charge is 0.327 e. The van der Waals surface area contributed by atoms with Gasteiger partial charge in [-0.15, -0.1) is 11.8 Å². The summed E-state index contributed by atoms with van der Waals surface area (Å²) in [7, 11) is -4.25. The van der Waals surface area contributed by atoms with Gasteiger partial charge in [0.2, 0.25) is 5.91 Å². The highest BCUT2D eigenvalue weighted by Crippen LogP contribution is 2.30. The van der Waals surface area contributed by atoms with Gasteiger partial charge in [-0.3, -0.25) is 9.59 Å². The molecule has 0 heterocycles. The summed E-state index contributed by atoms with van der Waals surface area (Å²) in [6.07, 6.45) is 1.28. The Labute approximate surface area is 193 Å². The minimum atomic E-state index is -4.25. The van der Waals surface area contributed by atoms with Crippen LogP contribution in [0.25, 0.3) is 0 Å². The zero-order valence-corrected chi connectivity index (χ0v) is 19.2. The first-order valence-electron chi connectivity index (χ1n) is 9.59. The number of sulfonamides is 1. The molecule has 0 bridgehead atoms. The van der Waals surface area contributed by atoms with Crippen molar-refractivity contribution < 1.29 is 32.3 Å². The lowest BCUT2D eigenvalue weighted by Crippen LogP contribution is -2.41. The van der Waals surface area contributed by atoms with Crippen LogP contribution >= 0.6 is 11.8 Å². The molecule has 33 heavy (non-hydrogen) atoms. The van der Waals surface area contributed by atoms with Gasteiger partial charge in [0.05, 0.1) is 15.5 Å². The number of aryl methyl sites for hydroxylation is 1. The molecule has 2 aromatic carbocycles. The maximum absolute atomic E-state index is 13.4. The number of carbonyl (C=O) groups excluding carboxylic acids is 2. The van der Waals surface area contributed by atoms with E-state index in [2.05, 4.69) is 9.71 Å². The molecule has 0 saturated carbocycles. The van der Waals surface area contributed by atoms with Crippen molar-refractivity contribution >= 4 is 45.2 Å². The minimum Gasteiger partial charge on any atom is -0.480 e. The number of rotatable bonds is 7. The summed E-state index contributed by atoms with van der Waals surface area (Å²) in [4.78, 5) is 35.5. The summed E-state index contributed by atoms with van der Waals surface area (Å²) in [6.45, 7) is 2.62. The SMILES string of the molecule is CC(=O)N[C@@H](CSC1=CC(=NS(=O)(=O)c2ccc(F)cc2C)c2ccccc2C1=O)C(=O)O. The van der Waals surface area contributed by atoms with Crippen molar-refractivity contribution in [1.29, 1.82) is 0 Å². The van der Waals surface area contributed by atoms with Gasteiger partial charge in [0.15, 0.2) is 5.78 Å². The fourth-order valence-corrected chi connectivity index (χ4v) is 5.38. The zero-order chi connectivity index (χ0) is 24.3. The summed E-state index contributed by atoms with van der Waals surface area (Å²) >= 11 is 0.869. The number of hydrogen-bond acceptors (Lipinski definition) is 6. The molecule has 1 atom stereocenters. The van der Waals surface area contributed by atoms with E-state index in [0.717, 1.165) is 30.0 Å². The second-order valence-electron chi connectivity index (χ2n) is 7.15. The van der Waals surface area contributed by atoms with Crippen molar-refractivity contribution in [2.75, 3.05) is 5.75 Å². The molecule has 0 saturated heterocycles. The number of fused-ring (bicyclic) bond motifs is 1. The number of carbonyl (C=O) groups is 3. The van der Waals surface area contributed by atoms with E-state index in [1.807, 2.05) is 0 Å². The second-order valence-corrected chi connectivity index (χ2v) is 9.78. The first kappa shape index (κ1) is 24.3. The van der Waals surface area contributed by atoms with Crippen molar-refractivity contribution in [2.24, 2.45) is 4.40 Å². The number of aliphatic carboxylic acids is 1. The summed E-state index contributed by atoms with van der Waals surface area (Å²) in [5.74, 6) is -2.98. The fourth-order valence-electron chi connectivity index (χ4n) is 3.16. The van der Waals surface area contributed by atoms with E-state index in [1.54, 1.807) is 18.2 Å². The molecule has 2 aromatic rings. The third-order valence-corrected chi connectivity index (χ3v) is 7.22. The number of ketones is 1. The molecule has 0 fully saturated rings. The lowest BCUT2D eigenvalue weighted by atomic mass is 9.94. The van der Waals surface area contributed by atoms with Gasteiger partial charge in [-0.2, -0.15) is 12.8 Å². The number of allylic oxidation sites excluding steroid dienone is 2. The largest absolute Gasteiger partial charge is 0.480 e.